The lowest BCUT2D eigenvalue weighted by Gasteiger charge is -2.32. The summed E-state index contributed by atoms with van der Waals surface area (Å²) >= 11 is 0. The maximum atomic E-state index is 12.8. The summed E-state index contributed by atoms with van der Waals surface area (Å²) in [6.07, 6.45) is 8.60. The Kier molecular flexibility index (Phi) is 5.41. The van der Waals surface area contributed by atoms with Crippen molar-refractivity contribution in [2.75, 3.05) is 20.2 Å². The van der Waals surface area contributed by atoms with Crippen molar-refractivity contribution in [3.63, 3.8) is 0 Å². The molecule has 3 heterocycles. The Morgan fingerprint density at radius 2 is 2.10 bits per heavy atom. The molecule has 0 N–H and O–H groups in total. The molecule has 8 nitrogen and oxygen atoms in total. The SMILES string of the molecule is COc1cccc(Oc2cncc(C3CCCN(C(=O)c4nccn4C)C3)n2)c1. The summed E-state index contributed by atoms with van der Waals surface area (Å²) in [6.45, 7) is 1.30. The lowest BCUT2D eigenvalue weighted by Crippen LogP contribution is -2.40. The largest absolute Gasteiger partial charge is 0.497 e. The standard InChI is InChI=1S/C21H23N5O3/c1-25-10-8-23-20(25)21(27)26-9-4-5-15(14-26)18-12-22-13-19(24-18)29-17-7-3-6-16(11-17)28-2/h3,6-8,10-13,15H,4-5,9,14H2,1-2H3. The van der Waals surface area contributed by atoms with Crippen molar-refractivity contribution in [2.24, 2.45) is 7.05 Å². The first kappa shape index (κ1) is 18.9. The van der Waals surface area contributed by atoms with Crippen LogP contribution < -0.4 is 9.47 Å². The van der Waals surface area contributed by atoms with E-state index in [4.69, 9.17) is 9.47 Å². The van der Waals surface area contributed by atoms with Crippen molar-refractivity contribution in [3.8, 4) is 17.4 Å². The van der Waals surface area contributed by atoms with Gasteiger partial charge >= 0.3 is 0 Å². The Bertz CT molecular complexity index is 1000. The average Bonchev–Trinajstić information content (AvgIpc) is 3.19. The number of carbonyl (C=O) groups is 1. The van der Waals surface area contributed by atoms with Crippen molar-refractivity contribution in [3.05, 3.63) is 60.6 Å². The first-order chi connectivity index (χ1) is 14.1. The van der Waals surface area contributed by atoms with Crippen LogP contribution in [0.4, 0.5) is 0 Å². The Morgan fingerprint density at radius 1 is 1.24 bits per heavy atom. The fourth-order valence-corrected chi connectivity index (χ4v) is 3.51. The third-order valence-corrected chi connectivity index (χ3v) is 5.03. The number of ether oxygens (including phenoxy) is 2. The molecule has 150 valence electrons. The van der Waals surface area contributed by atoms with Crippen LogP contribution in [0, 0.1) is 0 Å². The lowest BCUT2D eigenvalue weighted by molar-refractivity contribution is 0.0689. The zero-order valence-electron chi connectivity index (χ0n) is 16.5. The van der Waals surface area contributed by atoms with Gasteiger partial charge < -0.3 is 18.9 Å². The second kappa shape index (κ2) is 8.30. The van der Waals surface area contributed by atoms with Crippen LogP contribution in [0.3, 0.4) is 0 Å². The van der Waals surface area contributed by atoms with Crippen LogP contribution in [-0.4, -0.2) is 50.5 Å². The van der Waals surface area contributed by atoms with Gasteiger partial charge in [-0.1, -0.05) is 6.07 Å². The fraction of sp³-hybridized carbons (Fsp3) is 0.333. The predicted molar refractivity (Wildman–Crippen MR) is 106 cm³/mol. The summed E-state index contributed by atoms with van der Waals surface area (Å²) < 4.78 is 12.8. The molecule has 3 aromatic rings. The number of benzene rings is 1. The summed E-state index contributed by atoms with van der Waals surface area (Å²) in [5.41, 5.74) is 0.822. The number of hydrogen-bond donors (Lipinski definition) is 0. The van der Waals surface area contributed by atoms with Gasteiger partial charge in [-0.15, -0.1) is 0 Å². The molecule has 0 aliphatic carbocycles. The number of rotatable bonds is 5. The molecule has 1 aliphatic heterocycles. The quantitative estimate of drug-likeness (QED) is 0.663. The van der Waals surface area contributed by atoms with E-state index >= 15 is 0 Å². The van der Waals surface area contributed by atoms with E-state index in [1.54, 1.807) is 42.5 Å². The number of nitrogens with zero attached hydrogens (tertiary/aromatic N) is 5. The van der Waals surface area contributed by atoms with E-state index in [1.807, 2.05) is 30.1 Å². The minimum Gasteiger partial charge on any atom is -0.497 e. The molecule has 29 heavy (non-hydrogen) atoms. The van der Waals surface area contributed by atoms with E-state index in [2.05, 4.69) is 15.0 Å². The van der Waals surface area contributed by atoms with E-state index in [1.165, 1.54) is 0 Å². The van der Waals surface area contributed by atoms with Gasteiger partial charge in [-0.25, -0.2) is 9.97 Å². The van der Waals surface area contributed by atoms with Crippen LogP contribution >= 0.6 is 0 Å². The number of aromatic nitrogens is 4. The molecule has 1 aromatic carbocycles. The maximum Gasteiger partial charge on any atom is 0.289 e. The molecule has 0 spiro atoms. The molecule has 0 radical (unpaired) electrons. The molecule has 2 aromatic heterocycles. The number of likely N-dealkylation sites (tertiary alicyclic amines) is 1. The molecule has 4 rings (SSSR count). The van der Waals surface area contributed by atoms with Crippen molar-refractivity contribution < 1.29 is 14.3 Å². The van der Waals surface area contributed by atoms with Gasteiger partial charge in [0.1, 0.15) is 11.5 Å². The summed E-state index contributed by atoms with van der Waals surface area (Å²) in [4.78, 5) is 27.7. The lowest BCUT2D eigenvalue weighted by atomic mass is 9.95. The van der Waals surface area contributed by atoms with Gasteiger partial charge in [0.15, 0.2) is 5.82 Å². The number of methoxy groups -OCH3 is 1. The number of amides is 1. The molecule has 8 heteroatoms. The maximum absolute atomic E-state index is 12.8. The Morgan fingerprint density at radius 3 is 2.90 bits per heavy atom. The first-order valence-electron chi connectivity index (χ1n) is 9.54. The van der Waals surface area contributed by atoms with Gasteiger partial charge in [0, 0.05) is 50.7 Å². The second-order valence-electron chi connectivity index (χ2n) is 7.02. The zero-order valence-corrected chi connectivity index (χ0v) is 16.5. The van der Waals surface area contributed by atoms with Gasteiger partial charge in [0.2, 0.25) is 5.88 Å². The molecular formula is C21H23N5O3. The Labute approximate surface area is 169 Å². The highest BCUT2D eigenvalue weighted by molar-refractivity contribution is 5.90. The van der Waals surface area contributed by atoms with Crippen LogP contribution in [0.15, 0.2) is 49.1 Å². The summed E-state index contributed by atoms with van der Waals surface area (Å²) in [6, 6.07) is 7.34. The topological polar surface area (TPSA) is 82.4 Å². The molecule has 1 amide bonds. The highest BCUT2D eigenvalue weighted by Crippen LogP contribution is 2.29. The van der Waals surface area contributed by atoms with Gasteiger partial charge in [-0.3, -0.25) is 9.78 Å². The molecule has 1 fully saturated rings. The van der Waals surface area contributed by atoms with E-state index < -0.39 is 0 Å². The van der Waals surface area contributed by atoms with Crippen LogP contribution in [0.1, 0.15) is 35.1 Å². The van der Waals surface area contributed by atoms with E-state index in [-0.39, 0.29) is 11.8 Å². The molecule has 1 atom stereocenters. The molecule has 1 saturated heterocycles. The highest BCUT2D eigenvalue weighted by Gasteiger charge is 2.28. The predicted octanol–water partition coefficient (Wildman–Crippen LogP) is 3.03. The van der Waals surface area contributed by atoms with E-state index in [0.29, 0.717) is 29.7 Å². The van der Waals surface area contributed by atoms with Crippen molar-refractivity contribution >= 4 is 5.91 Å². The minimum absolute atomic E-state index is 0.0565. The summed E-state index contributed by atoms with van der Waals surface area (Å²) in [5, 5.41) is 0. The highest BCUT2D eigenvalue weighted by atomic mass is 16.5. The smallest absolute Gasteiger partial charge is 0.289 e. The normalized spacial score (nSPS) is 16.5. The number of piperidine rings is 1. The van der Waals surface area contributed by atoms with Crippen LogP contribution in [0.25, 0.3) is 0 Å². The van der Waals surface area contributed by atoms with Crippen LogP contribution in [0.2, 0.25) is 0 Å². The molecule has 0 bridgehead atoms. The summed E-state index contributed by atoms with van der Waals surface area (Å²) in [7, 11) is 3.44. The zero-order chi connectivity index (χ0) is 20.2. The summed E-state index contributed by atoms with van der Waals surface area (Å²) in [5.74, 6) is 2.26. The van der Waals surface area contributed by atoms with Gasteiger partial charge in [0.05, 0.1) is 19.0 Å². The number of hydrogen-bond acceptors (Lipinski definition) is 6. The van der Waals surface area contributed by atoms with Gasteiger partial charge in [-0.05, 0) is 25.0 Å². The number of imidazole rings is 1. The Hall–Kier alpha value is -3.42. The monoisotopic (exact) mass is 393 g/mol. The van der Waals surface area contributed by atoms with Crippen molar-refractivity contribution in [1.82, 2.24) is 24.4 Å². The van der Waals surface area contributed by atoms with Gasteiger partial charge in [0.25, 0.3) is 5.91 Å². The van der Waals surface area contributed by atoms with Crippen LogP contribution in [0.5, 0.6) is 17.4 Å². The molecular weight excluding hydrogens is 370 g/mol. The third-order valence-electron chi connectivity index (χ3n) is 5.03. The van der Waals surface area contributed by atoms with E-state index in [9.17, 15) is 4.79 Å². The van der Waals surface area contributed by atoms with Crippen LogP contribution in [-0.2, 0) is 7.05 Å². The Balaban J connectivity index is 1.48. The minimum atomic E-state index is -0.0565. The van der Waals surface area contributed by atoms with Crippen molar-refractivity contribution in [2.45, 2.75) is 18.8 Å². The fourth-order valence-electron chi connectivity index (χ4n) is 3.51. The first-order valence-corrected chi connectivity index (χ1v) is 9.54. The molecule has 1 unspecified atom stereocenters. The van der Waals surface area contributed by atoms with Gasteiger partial charge in [-0.2, -0.15) is 0 Å². The van der Waals surface area contributed by atoms with Crippen molar-refractivity contribution in [1.29, 1.82) is 0 Å². The third kappa shape index (κ3) is 4.21. The number of aryl methyl sites for hydroxylation is 1. The average molecular weight is 393 g/mol. The van der Waals surface area contributed by atoms with E-state index in [0.717, 1.165) is 25.1 Å². The second-order valence-corrected chi connectivity index (χ2v) is 7.02. The molecule has 0 saturated carbocycles. The number of carbonyl (C=O) groups excluding carboxylic acids is 1. The molecule has 1 aliphatic rings.